The Labute approximate surface area is 123 Å². The molecule has 0 aliphatic carbocycles. The molecule has 0 aliphatic heterocycles. The number of rotatable bonds is 4. The highest BCUT2D eigenvalue weighted by molar-refractivity contribution is 7.15. The Balaban J connectivity index is 2.11. The number of ether oxygens (including phenoxy) is 1. The summed E-state index contributed by atoms with van der Waals surface area (Å²) in [5.74, 6) is -0.359. The van der Waals surface area contributed by atoms with Gasteiger partial charge in [0.05, 0.1) is 10.6 Å². The van der Waals surface area contributed by atoms with Crippen LogP contribution in [0.15, 0.2) is 18.2 Å². The molecule has 19 heavy (non-hydrogen) atoms. The van der Waals surface area contributed by atoms with E-state index in [0.29, 0.717) is 27.3 Å². The fraction of sp³-hybridized carbons (Fsp3) is 0.182. The van der Waals surface area contributed by atoms with E-state index >= 15 is 0 Å². The second-order valence-corrected chi connectivity index (χ2v) is 5.42. The molecule has 1 N–H and O–H groups in total. The zero-order valence-corrected chi connectivity index (χ0v) is 12.1. The molecule has 1 heterocycles. The van der Waals surface area contributed by atoms with Crippen LogP contribution in [0.4, 0.5) is 5.13 Å². The molecule has 0 spiro atoms. The smallest absolute Gasteiger partial charge is 0.259 e. The van der Waals surface area contributed by atoms with Crippen molar-refractivity contribution < 1.29 is 9.53 Å². The lowest BCUT2D eigenvalue weighted by atomic mass is 10.2. The van der Waals surface area contributed by atoms with E-state index < -0.39 is 0 Å². The minimum atomic E-state index is -0.359. The highest BCUT2D eigenvalue weighted by atomic mass is 35.5. The lowest BCUT2D eigenvalue weighted by molar-refractivity contribution is 0.102. The zero-order chi connectivity index (χ0) is 13.8. The number of carbonyl (C=O) groups is 1. The second kappa shape index (κ2) is 6.29. The maximum atomic E-state index is 12.0. The number of halogens is 2. The molecule has 2 rings (SSSR count). The number of hydrogen-bond donors (Lipinski definition) is 1. The summed E-state index contributed by atoms with van der Waals surface area (Å²) in [6.45, 7) is 0.356. The Kier molecular flexibility index (Phi) is 4.71. The topological polar surface area (TPSA) is 64.1 Å². The first-order valence-corrected chi connectivity index (χ1v) is 6.75. The Bertz CT molecular complexity index is 603. The maximum absolute atomic E-state index is 12.0. The monoisotopic (exact) mass is 317 g/mol. The molecule has 1 amide bonds. The summed E-state index contributed by atoms with van der Waals surface area (Å²) in [4.78, 5) is 12.0. The highest BCUT2D eigenvalue weighted by Gasteiger charge is 2.13. The van der Waals surface area contributed by atoms with Crippen LogP contribution >= 0.6 is 34.5 Å². The molecule has 1 aromatic carbocycles. The van der Waals surface area contributed by atoms with Gasteiger partial charge in [-0.15, -0.1) is 10.2 Å². The molecule has 0 bridgehead atoms. The lowest BCUT2D eigenvalue weighted by Gasteiger charge is -2.03. The number of hydrogen-bond acceptors (Lipinski definition) is 5. The molecule has 0 atom stereocenters. The van der Waals surface area contributed by atoms with Crippen LogP contribution in [0.25, 0.3) is 0 Å². The second-order valence-electron chi connectivity index (χ2n) is 3.51. The van der Waals surface area contributed by atoms with Gasteiger partial charge in [0.25, 0.3) is 5.91 Å². The summed E-state index contributed by atoms with van der Waals surface area (Å²) < 4.78 is 4.92. The van der Waals surface area contributed by atoms with Crippen LogP contribution in [0.5, 0.6) is 0 Å². The summed E-state index contributed by atoms with van der Waals surface area (Å²) in [5.41, 5.74) is 0.328. The minimum absolute atomic E-state index is 0.284. The van der Waals surface area contributed by atoms with E-state index in [4.69, 9.17) is 27.9 Å². The van der Waals surface area contributed by atoms with Crippen LogP contribution in [0, 0.1) is 0 Å². The molecule has 8 heteroatoms. The van der Waals surface area contributed by atoms with Crippen molar-refractivity contribution in [3.63, 3.8) is 0 Å². The predicted molar refractivity (Wildman–Crippen MR) is 75.0 cm³/mol. The van der Waals surface area contributed by atoms with Crippen LogP contribution in [0.2, 0.25) is 10.0 Å². The quantitative estimate of drug-likeness (QED) is 0.940. The number of nitrogens with one attached hydrogen (secondary N) is 1. The average Bonchev–Trinajstić information content (AvgIpc) is 2.76. The summed E-state index contributed by atoms with van der Waals surface area (Å²) in [6, 6.07) is 4.66. The van der Waals surface area contributed by atoms with Gasteiger partial charge in [-0.1, -0.05) is 34.5 Å². The zero-order valence-electron chi connectivity index (χ0n) is 9.81. The molecular formula is C11H9Cl2N3O2S. The van der Waals surface area contributed by atoms with E-state index in [-0.39, 0.29) is 10.9 Å². The van der Waals surface area contributed by atoms with Crippen molar-refractivity contribution in [1.82, 2.24) is 10.2 Å². The number of anilines is 1. The van der Waals surface area contributed by atoms with Gasteiger partial charge in [-0.25, -0.2) is 0 Å². The van der Waals surface area contributed by atoms with Crippen LogP contribution in [0.1, 0.15) is 15.4 Å². The predicted octanol–water partition coefficient (Wildman–Crippen LogP) is 3.24. The standard InChI is InChI=1S/C11H9Cl2N3O2S/c1-18-5-9-15-16-11(19-9)14-10(17)7-3-2-6(12)4-8(7)13/h2-4H,5H2,1H3,(H,14,16,17). The van der Waals surface area contributed by atoms with E-state index in [9.17, 15) is 4.79 Å². The van der Waals surface area contributed by atoms with Crippen LogP contribution in [-0.4, -0.2) is 23.2 Å². The summed E-state index contributed by atoms with van der Waals surface area (Å²) >= 11 is 13.0. The number of methoxy groups -OCH3 is 1. The third-order valence-corrected chi connectivity index (χ3v) is 3.49. The van der Waals surface area contributed by atoms with Gasteiger partial charge in [-0.05, 0) is 18.2 Å². The van der Waals surface area contributed by atoms with E-state index in [2.05, 4.69) is 15.5 Å². The summed E-state index contributed by atoms with van der Waals surface area (Å²) in [5, 5.41) is 12.1. The molecule has 2 aromatic rings. The molecule has 0 aliphatic rings. The Morgan fingerprint density at radius 1 is 1.42 bits per heavy atom. The summed E-state index contributed by atoms with van der Waals surface area (Å²) in [7, 11) is 1.56. The number of carbonyl (C=O) groups excluding carboxylic acids is 1. The van der Waals surface area contributed by atoms with Crippen LogP contribution in [0.3, 0.4) is 0 Å². The van der Waals surface area contributed by atoms with E-state index in [1.54, 1.807) is 19.2 Å². The maximum Gasteiger partial charge on any atom is 0.259 e. The molecule has 0 saturated carbocycles. The molecule has 0 radical (unpaired) electrons. The average molecular weight is 318 g/mol. The first kappa shape index (κ1) is 14.2. The van der Waals surface area contributed by atoms with Crippen molar-refractivity contribution in [2.24, 2.45) is 0 Å². The van der Waals surface area contributed by atoms with Gasteiger partial charge in [0.15, 0.2) is 0 Å². The Morgan fingerprint density at radius 3 is 2.89 bits per heavy atom. The first-order valence-electron chi connectivity index (χ1n) is 5.18. The van der Waals surface area contributed by atoms with Crippen molar-refractivity contribution >= 4 is 45.6 Å². The van der Waals surface area contributed by atoms with E-state index in [0.717, 1.165) is 0 Å². The lowest BCUT2D eigenvalue weighted by Crippen LogP contribution is -2.12. The van der Waals surface area contributed by atoms with Crippen molar-refractivity contribution in [3.8, 4) is 0 Å². The van der Waals surface area contributed by atoms with Gasteiger partial charge in [0.2, 0.25) is 5.13 Å². The summed E-state index contributed by atoms with van der Waals surface area (Å²) in [6.07, 6.45) is 0. The number of amides is 1. The molecule has 0 unspecified atom stereocenters. The normalized spacial score (nSPS) is 10.5. The third kappa shape index (κ3) is 3.63. The van der Waals surface area contributed by atoms with Gasteiger partial charge < -0.3 is 4.74 Å². The number of benzene rings is 1. The van der Waals surface area contributed by atoms with Crippen molar-refractivity contribution in [2.45, 2.75) is 6.61 Å². The van der Waals surface area contributed by atoms with Crippen LogP contribution in [-0.2, 0) is 11.3 Å². The third-order valence-electron chi connectivity index (χ3n) is 2.13. The molecule has 0 saturated heterocycles. The van der Waals surface area contributed by atoms with Gasteiger partial charge in [-0.3, -0.25) is 10.1 Å². The molecule has 1 aromatic heterocycles. The van der Waals surface area contributed by atoms with Gasteiger partial charge in [0, 0.05) is 12.1 Å². The van der Waals surface area contributed by atoms with E-state index in [1.165, 1.54) is 17.4 Å². The molecule has 0 fully saturated rings. The number of nitrogens with zero attached hydrogens (tertiary/aromatic N) is 2. The van der Waals surface area contributed by atoms with Crippen LogP contribution < -0.4 is 5.32 Å². The van der Waals surface area contributed by atoms with Gasteiger partial charge in [-0.2, -0.15) is 0 Å². The Morgan fingerprint density at radius 2 is 2.21 bits per heavy atom. The van der Waals surface area contributed by atoms with Crippen molar-refractivity contribution in [3.05, 3.63) is 38.8 Å². The Hall–Kier alpha value is -1.21. The highest BCUT2D eigenvalue weighted by Crippen LogP contribution is 2.23. The first-order chi connectivity index (χ1) is 9.10. The van der Waals surface area contributed by atoms with Gasteiger partial charge >= 0.3 is 0 Å². The fourth-order valence-corrected chi connectivity index (χ4v) is 2.53. The largest absolute Gasteiger partial charge is 0.377 e. The fourth-order valence-electron chi connectivity index (χ4n) is 1.32. The molecular weight excluding hydrogens is 309 g/mol. The number of aromatic nitrogens is 2. The van der Waals surface area contributed by atoms with E-state index in [1.807, 2.05) is 0 Å². The van der Waals surface area contributed by atoms with Gasteiger partial charge in [0.1, 0.15) is 11.6 Å². The molecule has 5 nitrogen and oxygen atoms in total. The van der Waals surface area contributed by atoms with Crippen molar-refractivity contribution in [2.75, 3.05) is 12.4 Å². The SMILES string of the molecule is COCc1nnc(NC(=O)c2ccc(Cl)cc2Cl)s1. The minimum Gasteiger partial charge on any atom is -0.377 e. The molecule has 100 valence electrons. The van der Waals surface area contributed by atoms with Crippen molar-refractivity contribution in [1.29, 1.82) is 0 Å².